The highest BCUT2D eigenvalue weighted by molar-refractivity contribution is 7.26. The normalized spacial score (nSPS) is 11.5. The minimum absolute atomic E-state index is 0.712. The molecular formula is C56H34N4S2. The Morgan fingerprint density at radius 2 is 0.532 bits per heavy atom. The van der Waals surface area contributed by atoms with Gasteiger partial charge in [-0.1, -0.05) is 194 Å². The number of benzene rings is 8. The van der Waals surface area contributed by atoms with Gasteiger partial charge in [0.2, 0.25) is 0 Å². The molecular weight excluding hydrogens is 793 g/mol. The lowest BCUT2D eigenvalue weighted by Gasteiger charge is -2.10. The maximum Gasteiger partial charge on any atom is 0.160 e. The molecule has 4 aromatic heterocycles. The SMILES string of the molecule is c1ccc(-c2ccc(-c3nc(-c4ccc(-c5ccc(-c6nc(-c7ccc(-c8ccccc8)cc7)c7sc8ccccc8c7n6)cc5)cc4)nc4c3sc3ccccc34)cc2)cc1. The van der Waals surface area contributed by atoms with Gasteiger partial charge in [-0.05, 0) is 45.5 Å². The van der Waals surface area contributed by atoms with E-state index in [1.807, 2.05) is 12.1 Å². The summed E-state index contributed by atoms with van der Waals surface area (Å²) < 4.78 is 4.61. The minimum Gasteiger partial charge on any atom is -0.226 e. The molecule has 290 valence electrons. The summed E-state index contributed by atoms with van der Waals surface area (Å²) in [5.74, 6) is 1.42. The molecule has 62 heavy (non-hydrogen) atoms. The molecule has 0 spiro atoms. The first-order valence-corrected chi connectivity index (χ1v) is 22.2. The van der Waals surface area contributed by atoms with Gasteiger partial charge < -0.3 is 0 Å². The van der Waals surface area contributed by atoms with Crippen LogP contribution in [0.1, 0.15) is 0 Å². The zero-order chi connectivity index (χ0) is 41.0. The van der Waals surface area contributed by atoms with Crippen LogP contribution < -0.4 is 0 Å². The van der Waals surface area contributed by atoms with Crippen LogP contribution in [0.25, 0.3) is 119 Å². The summed E-state index contributed by atoms with van der Waals surface area (Å²) in [6.45, 7) is 0. The Bertz CT molecular complexity index is 3340. The highest BCUT2D eigenvalue weighted by Gasteiger charge is 2.19. The average molecular weight is 827 g/mol. The molecule has 0 aliphatic heterocycles. The van der Waals surface area contributed by atoms with Crippen LogP contribution in [0.2, 0.25) is 0 Å². The van der Waals surface area contributed by atoms with Crippen LogP contribution in [0.5, 0.6) is 0 Å². The summed E-state index contributed by atoms with van der Waals surface area (Å²) in [5.41, 5.74) is 14.9. The van der Waals surface area contributed by atoms with E-state index >= 15 is 0 Å². The topological polar surface area (TPSA) is 51.6 Å². The molecule has 4 nitrogen and oxygen atoms in total. The van der Waals surface area contributed by atoms with Gasteiger partial charge in [-0.3, -0.25) is 0 Å². The molecule has 0 bridgehead atoms. The van der Waals surface area contributed by atoms with Crippen molar-refractivity contribution in [3.63, 3.8) is 0 Å². The van der Waals surface area contributed by atoms with E-state index in [-0.39, 0.29) is 0 Å². The van der Waals surface area contributed by atoms with E-state index in [4.69, 9.17) is 19.9 Å². The molecule has 0 amide bonds. The predicted molar refractivity (Wildman–Crippen MR) is 261 cm³/mol. The van der Waals surface area contributed by atoms with E-state index in [9.17, 15) is 0 Å². The van der Waals surface area contributed by atoms with Crippen LogP contribution in [-0.2, 0) is 0 Å². The molecule has 0 saturated carbocycles. The molecule has 0 radical (unpaired) electrons. The molecule has 0 aliphatic rings. The monoisotopic (exact) mass is 826 g/mol. The molecule has 0 saturated heterocycles. The molecule has 12 rings (SSSR count). The van der Waals surface area contributed by atoms with E-state index in [1.54, 1.807) is 22.7 Å². The smallest absolute Gasteiger partial charge is 0.160 e. The second kappa shape index (κ2) is 15.1. The van der Waals surface area contributed by atoms with E-state index < -0.39 is 0 Å². The Morgan fingerprint density at radius 3 is 0.903 bits per heavy atom. The van der Waals surface area contributed by atoms with Crippen molar-refractivity contribution in [2.75, 3.05) is 0 Å². The van der Waals surface area contributed by atoms with E-state index in [0.29, 0.717) is 11.6 Å². The van der Waals surface area contributed by atoms with Gasteiger partial charge in [0.15, 0.2) is 11.6 Å². The van der Waals surface area contributed by atoms with Gasteiger partial charge in [0, 0.05) is 42.4 Å². The van der Waals surface area contributed by atoms with Crippen LogP contribution in [0, 0.1) is 0 Å². The molecule has 0 N–H and O–H groups in total. The van der Waals surface area contributed by atoms with Gasteiger partial charge in [0.05, 0.1) is 31.8 Å². The van der Waals surface area contributed by atoms with Crippen molar-refractivity contribution >= 4 is 63.3 Å². The Kier molecular flexibility index (Phi) is 8.84. The molecule has 0 unspecified atom stereocenters. The molecule has 0 aliphatic carbocycles. The first kappa shape index (κ1) is 36.2. The summed E-state index contributed by atoms with van der Waals surface area (Å²) in [6, 6.07) is 72.6. The highest BCUT2D eigenvalue weighted by atomic mass is 32.1. The Labute approximate surface area is 366 Å². The molecule has 6 heteroatoms. The van der Waals surface area contributed by atoms with Crippen LogP contribution in [0.4, 0.5) is 0 Å². The number of thiophene rings is 2. The summed E-state index contributed by atoms with van der Waals surface area (Å²) in [7, 11) is 0. The van der Waals surface area contributed by atoms with Crippen LogP contribution >= 0.6 is 22.7 Å². The van der Waals surface area contributed by atoms with Crippen LogP contribution in [0.3, 0.4) is 0 Å². The van der Waals surface area contributed by atoms with E-state index in [1.165, 1.54) is 31.7 Å². The van der Waals surface area contributed by atoms with Crippen molar-refractivity contribution in [2.24, 2.45) is 0 Å². The molecule has 0 fully saturated rings. The average Bonchev–Trinajstić information content (AvgIpc) is 3.93. The van der Waals surface area contributed by atoms with Crippen molar-refractivity contribution in [3.05, 3.63) is 206 Å². The molecule has 4 heterocycles. The lowest BCUT2D eigenvalue weighted by Crippen LogP contribution is -1.94. The largest absolute Gasteiger partial charge is 0.226 e. The Balaban J connectivity index is 0.882. The first-order valence-electron chi connectivity index (χ1n) is 20.6. The number of nitrogens with zero attached hydrogens (tertiary/aromatic N) is 4. The Hall–Kier alpha value is -7.64. The summed E-state index contributed by atoms with van der Waals surface area (Å²) in [4.78, 5) is 20.9. The first-order chi connectivity index (χ1) is 30.7. The van der Waals surface area contributed by atoms with Crippen molar-refractivity contribution < 1.29 is 0 Å². The van der Waals surface area contributed by atoms with Gasteiger partial charge >= 0.3 is 0 Å². The Morgan fingerprint density at radius 1 is 0.242 bits per heavy atom. The molecule has 0 atom stereocenters. The van der Waals surface area contributed by atoms with Gasteiger partial charge in [-0.25, -0.2) is 19.9 Å². The lowest BCUT2D eigenvalue weighted by atomic mass is 10.0. The lowest BCUT2D eigenvalue weighted by molar-refractivity contribution is 1.24. The minimum atomic E-state index is 0.712. The van der Waals surface area contributed by atoms with Crippen molar-refractivity contribution in [2.45, 2.75) is 0 Å². The van der Waals surface area contributed by atoms with Crippen molar-refractivity contribution in [3.8, 4) is 78.7 Å². The number of hydrogen-bond acceptors (Lipinski definition) is 6. The van der Waals surface area contributed by atoms with Crippen molar-refractivity contribution in [1.29, 1.82) is 0 Å². The number of aromatic nitrogens is 4. The maximum atomic E-state index is 5.26. The van der Waals surface area contributed by atoms with Gasteiger partial charge in [0.1, 0.15) is 0 Å². The van der Waals surface area contributed by atoms with Gasteiger partial charge in [-0.15, -0.1) is 22.7 Å². The quantitative estimate of drug-likeness (QED) is 0.161. The predicted octanol–water partition coefficient (Wildman–Crippen LogP) is 15.7. The maximum absolute atomic E-state index is 5.26. The van der Waals surface area contributed by atoms with Gasteiger partial charge in [-0.2, -0.15) is 0 Å². The fourth-order valence-electron chi connectivity index (χ4n) is 8.36. The van der Waals surface area contributed by atoms with Crippen LogP contribution in [0.15, 0.2) is 206 Å². The van der Waals surface area contributed by atoms with Crippen molar-refractivity contribution in [1.82, 2.24) is 19.9 Å². The number of rotatable bonds is 7. The third-order valence-corrected chi connectivity index (χ3v) is 13.9. The summed E-state index contributed by atoms with van der Waals surface area (Å²) in [6.07, 6.45) is 0. The third-order valence-electron chi connectivity index (χ3n) is 11.6. The number of hydrogen-bond donors (Lipinski definition) is 0. The van der Waals surface area contributed by atoms with E-state index in [2.05, 4.69) is 194 Å². The fourth-order valence-corrected chi connectivity index (χ4v) is 10.7. The summed E-state index contributed by atoms with van der Waals surface area (Å²) >= 11 is 3.51. The second-order valence-corrected chi connectivity index (χ2v) is 17.5. The third kappa shape index (κ3) is 6.45. The molecule has 8 aromatic carbocycles. The zero-order valence-electron chi connectivity index (χ0n) is 33.2. The van der Waals surface area contributed by atoms with Gasteiger partial charge in [0.25, 0.3) is 0 Å². The number of fused-ring (bicyclic) bond motifs is 6. The second-order valence-electron chi connectivity index (χ2n) is 15.4. The summed E-state index contributed by atoms with van der Waals surface area (Å²) in [5, 5.41) is 2.30. The molecule has 12 aromatic rings. The fraction of sp³-hybridized carbons (Fsp3) is 0. The highest BCUT2D eigenvalue weighted by Crippen LogP contribution is 2.42. The standard InChI is InChI=1S/C56H34N4S2/c1-3-11-35(12-4-1)37-19-27-41(28-20-37)49-53-51(45-15-7-9-17-47(45)61-53)59-55(57-49)43-31-23-39(24-32-43)40-25-33-44(34-26-40)56-58-50(54-52(60-56)46-16-8-10-18-48(46)62-54)42-29-21-38(22-30-42)36-13-5-2-6-14-36/h1-34H. The van der Waals surface area contributed by atoms with E-state index in [0.717, 1.165) is 76.0 Å². The zero-order valence-corrected chi connectivity index (χ0v) is 34.9. The van der Waals surface area contributed by atoms with Crippen LogP contribution in [-0.4, -0.2) is 19.9 Å².